The fourth-order valence-electron chi connectivity index (χ4n) is 2.55. The van der Waals surface area contributed by atoms with E-state index in [2.05, 4.69) is 11.4 Å². The van der Waals surface area contributed by atoms with Crippen LogP contribution in [0.1, 0.15) is 37.0 Å². The van der Waals surface area contributed by atoms with Crippen LogP contribution in [0.3, 0.4) is 0 Å². The molecule has 0 unspecified atom stereocenters. The van der Waals surface area contributed by atoms with Gasteiger partial charge in [0.05, 0.1) is 19.1 Å². The van der Waals surface area contributed by atoms with Gasteiger partial charge in [0.2, 0.25) is 5.91 Å². The number of aryl methyl sites for hydroxylation is 3. The summed E-state index contributed by atoms with van der Waals surface area (Å²) in [7, 11) is 0. The third-order valence-corrected chi connectivity index (χ3v) is 3.76. The molecular formula is C21H27NO3. The minimum Gasteiger partial charge on any atom is -0.493 e. The highest BCUT2D eigenvalue weighted by molar-refractivity contribution is 5.91. The molecule has 0 heterocycles. The van der Waals surface area contributed by atoms with Crippen molar-refractivity contribution in [2.75, 3.05) is 11.9 Å². The molecule has 1 N–H and O–H groups in total. The maximum Gasteiger partial charge on any atom is 0.227 e. The number of nitrogens with one attached hydrogen (secondary N) is 1. The molecule has 0 fully saturated rings. The molecule has 0 radical (unpaired) electrons. The Morgan fingerprint density at radius 1 is 1.04 bits per heavy atom. The second-order valence-corrected chi connectivity index (χ2v) is 6.56. The molecule has 0 aliphatic carbocycles. The van der Waals surface area contributed by atoms with Crippen molar-refractivity contribution in [2.45, 2.75) is 47.1 Å². The predicted molar refractivity (Wildman–Crippen MR) is 102 cm³/mol. The number of hydrogen-bond donors (Lipinski definition) is 1. The highest BCUT2D eigenvalue weighted by Crippen LogP contribution is 2.23. The first-order valence-electron chi connectivity index (χ1n) is 8.62. The lowest BCUT2D eigenvalue weighted by atomic mass is 10.1. The number of amides is 1. The average molecular weight is 341 g/mol. The first-order chi connectivity index (χ1) is 11.8. The fraction of sp³-hybridized carbons (Fsp3) is 0.381. The van der Waals surface area contributed by atoms with Gasteiger partial charge >= 0.3 is 0 Å². The summed E-state index contributed by atoms with van der Waals surface area (Å²) in [6, 6.07) is 11.7. The molecule has 4 heteroatoms. The fourth-order valence-corrected chi connectivity index (χ4v) is 2.55. The van der Waals surface area contributed by atoms with Gasteiger partial charge in [-0.25, -0.2) is 0 Å². The number of hydrogen-bond acceptors (Lipinski definition) is 3. The van der Waals surface area contributed by atoms with E-state index < -0.39 is 0 Å². The van der Waals surface area contributed by atoms with Crippen LogP contribution in [0.5, 0.6) is 11.5 Å². The van der Waals surface area contributed by atoms with Crippen molar-refractivity contribution >= 4 is 11.6 Å². The zero-order chi connectivity index (χ0) is 18.4. The van der Waals surface area contributed by atoms with Crippen LogP contribution in [0.2, 0.25) is 0 Å². The van der Waals surface area contributed by atoms with E-state index in [0.717, 1.165) is 28.3 Å². The quantitative estimate of drug-likeness (QED) is 0.786. The van der Waals surface area contributed by atoms with Crippen LogP contribution in [-0.2, 0) is 4.79 Å². The molecule has 1 amide bonds. The maximum atomic E-state index is 12.1. The molecule has 0 saturated carbocycles. The second kappa shape index (κ2) is 8.56. The number of benzene rings is 2. The number of carbonyl (C=O) groups is 1. The number of carbonyl (C=O) groups excluding carboxylic acids is 1. The van der Waals surface area contributed by atoms with Gasteiger partial charge in [-0.1, -0.05) is 17.7 Å². The van der Waals surface area contributed by atoms with E-state index in [1.165, 1.54) is 5.56 Å². The Balaban J connectivity index is 1.85. The zero-order valence-electron chi connectivity index (χ0n) is 15.7. The van der Waals surface area contributed by atoms with Crippen LogP contribution in [0.25, 0.3) is 0 Å². The molecule has 2 rings (SSSR count). The van der Waals surface area contributed by atoms with Gasteiger partial charge < -0.3 is 14.8 Å². The highest BCUT2D eigenvalue weighted by Gasteiger charge is 2.08. The van der Waals surface area contributed by atoms with Crippen molar-refractivity contribution < 1.29 is 14.3 Å². The standard InChI is InChI=1S/C21H27NO3/c1-14(2)25-18-7-8-19(16(4)13-18)22-21(23)10-11-24-20-9-6-15(3)12-17(20)5/h6-9,12-14H,10-11H2,1-5H3,(H,22,23). The Morgan fingerprint density at radius 2 is 1.80 bits per heavy atom. The van der Waals surface area contributed by atoms with Crippen LogP contribution in [0.15, 0.2) is 36.4 Å². The Bertz CT molecular complexity index is 738. The SMILES string of the molecule is Cc1ccc(OCCC(=O)Nc2ccc(OC(C)C)cc2C)c(C)c1. The topological polar surface area (TPSA) is 47.6 Å². The van der Waals surface area contributed by atoms with E-state index in [-0.39, 0.29) is 12.0 Å². The molecule has 0 aliphatic rings. The van der Waals surface area contributed by atoms with Crippen molar-refractivity contribution in [3.8, 4) is 11.5 Å². The maximum absolute atomic E-state index is 12.1. The molecular weight excluding hydrogens is 314 g/mol. The zero-order valence-corrected chi connectivity index (χ0v) is 15.7. The lowest BCUT2D eigenvalue weighted by Crippen LogP contribution is -2.16. The molecule has 2 aromatic rings. The number of anilines is 1. The van der Waals surface area contributed by atoms with Gasteiger partial charge in [-0.3, -0.25) is 4.79 Å². The van der Waals surface area contributed by atoms with Crippen molar-refractivity contribution in [3.63, 3.8) is 0 Å². The van der Waals surface area contributed by atoms with E-state index in [0.29, 0.717) is 13.0 Å². The summed E-state index contributed by atoms with van der Waals surface area (Å²) in [5.41, 5.74) is 4.05. The Labute approximate surface area is 150 Å². The number of rotatable bonds is 7. The van der Waals surface area contributed by atoms with E-state index in [4.69, 9.17) is 9.47 Å². The van der Waals surface area contributed by atoms with Gasteiger partial charge in [0.15, 0.2) is 0 Å². The molecule has 0 saturated heterocycles. The summed E-state index contributed by atoms with van der Waals surface area (Å²) >= 11 is 0. The van der Waals surface area contributed by atoms with Crippen molar-refractivity contribution in [1.82, 2.24) is 0 Å². The summed E-state index contributed by atoms with van der Waals surface area (Å²) in [6.45, 7) is 10.3. The second-order valence-electron chi connectivity index (χ2n) is 6.56. The first-order valence-corrected chi connectivity index (χ1v) is 8.62. The number of ether oxygens (including phenoxy) is 2. The first kappa shape index (κ1) is 18.8. The van der Waals surface area contributed by atoms with Gasteiger partial charge in [0.25, 0.3) is 0 Å². The summed E-state index contributed by atoms with van der Waals surface area (Å²) in [5, 5.41) is 2.93. The molecule has 134 valence electrons. The summed E-state index contributed by atoms with van der Waals surface area (Å²) < 4.78 is 11.4. The monoisotopic (exact) mass is 341 g/mol. The van der Waals surface area contributed by atoms with Crippen molar-refractivity contribution in [1.29, 1.82) is 0 Å². The summed E-state index contributed by atoms with van der Waals surface area (Å²) in [5.74, 6) is 1.57. The molecule has 4 nitrogen and oxygen atoms in total. The molecule has 0 aromatic heterocycles. The summed E-state index contributed by atoms with van der Waals surface area (Å²) in [6.07, 6.45) is 0.430. The lowest BCUT2D eigenvalue weighted by Gasteiger charge is -2.14. The van der Waals surface area contributed by atoms with E-state index in [9.17, 15) is 4.79 Å². The van der Waals surface area contributed by atoms with Crippen molar-refractivity contribution in [2.24, 2.45) is 0 Å². The third-order valence-electron chi connectivity index (χ3n) is 3.76. The average Bonchev–Trinajstić information content (AvgIpc) is 2.51. The molecule has 0 spiro atoms. The highest BCUT2D eigenvalue weighted by atomic mass is 16.5. The smallest absolute Gasteiger partial charge is 0.227 e. The third kappa shape index (κ3) is 5.82. The van der Waals surface area contributed by atoms with E-state index in [1.807, 2.05) is 65.0 Å². The molecule has 25 heavy (non-hydrogen) atoms. The van der Waals surface area contributed by atoms with Gasteiger partial charge in [-0.2, -0.15) is 0 Å². The van der Waals surface area contributed by atoms with Gasteiger partial charge in [0, 0.05) is 5.69 Å². The molecule has 0 aliphatic heterocycles. The van der Waals surface area contributed by atoms with E-state index >= 15 is 0 Å². The Hall–Kier alpha value is -2.49. The Morgan fingerprint density at radius 3 is 2.44 bits per heavy atom. The van der Waals surface area contributed by atoms with E-state index in [1.54, 1.807) is 0 Å². The normalized spacial score (nSPS) is 10.6. The lowest BCUT2D eigenvalue weighted by molar-refractivity contribution is -0.116. The van der Waals surface area contributed by atoms with Gasteiger partial charge in [0.1, 0.15) is 11.5 Å². The van der Waals surface area contributed by atoms with Crippen LogP contribution in [-0.4, -0.2) is 18.6 Å². The van der Waals surface area contributed by atoms with Gasteiger partial charge in [-0.05, 0) is 70.0 Å². The minimum absolute atomic E-state index is 0.0645. The molecule has 0 atom stereocenters. The minimum atomic E-state index is -0.0645. The van der Waals surface area contributed by atoms with Crippen LogP contribution in [0, 0.1) is 20.8 Å². The van der Waals surface area contributed by atoms with Crippen molar-refractivity contribution in [3.05, 3.63) is 53.1 Å². The van der Waals surface area contributed by atoms with Crippen LogP contribution < -0.4 is 14.8 Å². The molecule has 0 bridgehead atoms. The summed E-state index contributed by atoms with van der Waals surface area (Å²) in [4.78, 5) is 12.1. The Kier molecular flexibility index (Phi) is 6.45. The van der Waals surface area contributed by atoms with Gasteiger partial charge in [-0.15, -0.1) is 0 Å². The molecule has 2 aromatic carbocycles. The van der Waals surface area contributed by atoms with Crippen LogP contribution in [0.4, 0.5) is 5.69 Å². The largest absolute Gasteiger partial charge is 0.493 e. The van der Waals surface area contributed by atoms with Crippen LogP contribution >= 0.6 is 0 Å². The predicted octanol–water partition coefficient (Wildman–Crippen LogP) is 4.81.